The van der Waals surface area contributed by atoms with Crippen LogP contribution in [-0.2, 0) is 18.3 Å². The Labute approximate surface area is 170 Å². The van der Waals surface area contributed by atoms with Crippen LogP contribution in [0.15, 0.2) is 42.9 Å². The van der Waals surface area contributed by atoms with E-state index in [1.807, 2.05) is 31.4 Å². The van der Waals surface area contributed by atoms with Gasteiger partial charge in [-0.25, -0.2) is 9.97 Å². The zero-order chi connectivity index (χ0) is 20.1. The Balaban J connectivity index is 1.21. The third kappa shape index (κ3) is 4.71. The summed E-state index contributed by atoms with van der Waals surface area (Å²) in [5, 5.41) is 8.30. The number of nitrogens with zero attached hydrogens (tertiary/aromatic N) is 6. The first-order valence-corrected chi connectivity index (χ1v) is 10.1. The van der Waals surface area contributed by atoms with Crippen LogP contribution >= 0.6 is 0 Å². The number of rotatable bonds is 7. The summed E-state index contributed by atoms with van der Waals surface area (Å²) < 4.78 is 1.76. The normalized spacial score (nSPS) is 15.0. The maximum Gasteiger partial charge on any atom is 0.234 e. The second-order valence-electron chi connectivity index (χ2n) is 7.41. The van der Waals surface area contributed by atoms with E-state index >= 15 is 0 Å². The number of nitrogens with one attached hydrogen (secondary N) is 1. The van der Waals surface area contributed by atoms with Crippen molar-refractivity contribution in [3.8, 4) is 0 Å². The summed E-state index contributed by atoms with van der Waals surface area (Å²) in [6, 6.07) is 10.4. The van der Waals surface area contributed by atoms with Gasteiger partial charge in [-0.05, 0) is 18.4 Å². The molecule has 1 saturated heterocycles. The minimum Gasteiger partial charge on any atom is -0.355 e. The molecule has 0 spiro atoms. The van der Waals surface area contributed by atoms with Gasteiger partial charge in [0.1, 0.15) is 12.1 Å². The fraction of sp³-hybridized carbons (Fsp3) is 0.429. The van der Waals surface area contributed by atoms with Gasteiger partial charge in [-0.1, -0.05) is 30.3 Å². The van der Waals surface area contributed by atoms with Gasteiger partial charge in [-0.3, -0.25) is 14.4 Å². The predicted octanol–water partition coefficient (Wildman–Crippen LogP) is 1.23. The topological polar surface area (TPSA) is 79.2 Å². The molecule has 0 radical (unpaired) electrons. The first-order chi connectivity index (χ1) is 14.2. The Kier molecular flexibility index (Phi) is 6.00. The lowest BCUT2D eigenvalue weighted by molar-refractivity contribution is -0.122. The van der Waals surface area contributed by atoms with Crippen LogP contribution in [0, 0.1) is 0 Å². The molecule has 0 atom stereocenters. The monoisotopic (exact) mass is 393 g/mol. The molecule has 0 aliphatic carbocycles. The highest BCUT2D eigenvalue weighted by atomic mass is 16.2. The first kappa shape index (κ1) is 19.3. The Morgan fingerprint density at radius 2 is 1.90 bits per heavy atom. The number of benzene rings is 1. The van der Waals surface area contributed by atoms with Gasteiger partial charge in [0.2, 0.25) is 5.91 Å². The average molecular weight is 393 g/mol. The van der Waals surface area contributed by atoms with E-state index in [2.05, 4.69) is 42.3 Å². The van der Waals surface area contributed by atoms with Gasteiger partial charge in [0, 0.05) is 39.8 Å². The molecule has 4 rings (SSSR count). The Bertz CT molecular complexity index is 948. The van der Waals surface area contributed by atoms with Crippen molar-refractivity contribution >= 4 is 22.8 Å². The van der Waals surface area contributed by atoms with Crippen molar-refractivity contribution in [2.24, 2.45) is 7.05 Å². The number of amides is 1. The Hall–Kier alpha value is -3.00. The number of hydrogen-bond donors (Lipinski definition) is 1. The SMILES string of the molecule is Cn1ncc2c(N3CCN(CC(=O)NCCCc4ccccc4)CC3)ncnc21. The summed E-state index contributed by atoms with van der Waals surface area (Å²) in [5.41, 5.74) is 2.15. The lowest BCUT2D eigenvalue weighted by Crippen LogP contribution is -2.49. The number of anilines is 1. The minimum absolute atomic E-state index is 0.100. The van der Waals surface area contributed by atoms with Crippen molar-refractivity contribution in [2.45, 2.75) is 12.8 Å². The summed E-state index contributed by atoms with van der Waals surface area (Å²) in [6.45, 7) is 4.51. The standard InChI is InChI=1S/C21H27N7O/c1-26-20-18(14-25-26)21(24-16-23-20)28-12-10-27(11-13-28)15-19(29)22-9-5-8-17-6-3-2-4-7-17/h2-4,6-7,14,16H,5,8-13,15H2,1H3,(H,22,29). The maximum atomic E-state index is 12.3. The quantitative estimate of drug-likeness (QED) is 0.609. The molecular weight excluding hydrogens is 366 g/mol. The van der Waals surface area contributed by atoms with Crippen LogP contribution in [0.5, 0.6) is 0 Å². The second kappa shape index (κ2) is 9.00. The van der Waals surface area contributed by atoms with Crippen LogP contribution in [0.3, 0.4) is 0 Å². The number of fused-ring (bicyclic) bond motifs is 1. The number of aromatic nitrogens is 4. The number of carbonyl (C=O) groups excluding carboxylic acids is 1. The molecule has 8 heteroatoms. The smallest absolute Gasteiger partial charge is 0.234 e. The van der Waals surface area contributed by atoms with Crippen molar-refractivity contribution < 1.29 is 4.79 Å². The molecule has 1 aliphatic heterocycles. The van der Waals surface area contributed by atoms with Gasteiger partial charge >= 0.3 is 0 Å². The number of aryl methyl sites for hydroxylation is 2. The van der Waals surface area contributed by atoms with Crippen molar-refractivity contribution in [1.82, 2.24) is 30.0 Å². The second-order valence-corrected chi connectivity index (χ2v) is 7.41. The average Bonchev–Trinajstić information content (AvgIpc) is 3.14. The first-order valence-electron chi connectivity index (χ1n) is 10.1. The highest BCUT2D eigenvalue weighted by molar-refractivity contribution is 5.86. The van der Waals surface area contributed by atoms with Crippen LogP contribution in [0.1, 0.15) is 12.0 Å². The van der Waals surface area contributed by atoms with Crippen molar-refractivity contribution in [1.29, 1.82) is 0 Å². The largest absolute Gasteiger partial charge is 0.355 e. The Morgan fingerprint density at radius 1 is 1.10 bits per heavy atom. The van der Waals surface area contributed by atoms with E-state index in [9.17, 15) is 4.79 Å². The summed E-state index contributed by atoms with van der Waals surface area (Å²) >= 11 is 0. The number of piperazine rings is 1. The maximum absolute atomic E-state index is 12.3. The van der Waals surface area contributed by atoms with E-state index < -0.39 is 0 Å². The molecule has 0 saturated carbocycles. The van der Waals surface area contributed by atoms with Gasteiger partial charge in [0.15, 0.2) is 5.65 Å². The highest BCUT2D eigenvalue weighted by Gasteiger charge is 2.22. The predicted molar refractivity (Wildman–Crippen MR) is 113 cm³/mol. The van der Waals surface area contributed by atoms with E-state index in [1.165, 1.54) is 5.56 Å². The number of carbonyl (C=O) groups is 1. The van der Waals surface area contributed by atoms with Crippen LogP contribution < -0.4 is 10.2 Å². The zero-order valence-corrected chi connectivity index (χ0v) is 16.8. The van der Waals surface area contributed by atoms with E-state index in [1.54, 1.807) is 11.0 Å². The zero-order valence-electron chi connectivity index (χ0n) is 16.8. The number of hydrogen-bond acceptors (Lipinski definition) is 6. The van der Waals surface area contributed by atoms with Crippen LogP contribution in [-0.4, -0.2) is 69.8 Å². The molecule has 1 amide bonds. The van der Waals surface area contributed by atoms with Gasteiger partial charge in [-0.2, -0.15) is 5.10 Å². The van der Waals surface area contributed by atoms with E-state index in [4.69, 9.17) is 0 Å². The summed E-state index contributed by atoms with van der Waals surface area (Å²) in [6.07, 6.45) is 5.36. The minimum atomic E-state index is 0.100. The summed E-state index contributed by atoms with van der Waals surface area (Å²) in [5.74, 6) is 1.02. The van der Waals surface area contributed by atoms with Gasteiger partial charge in [0.25, 0.3) is 0 Å². The molecule has 152 valence electrons. The molecular formula is C21H27N7O. The van der Waals surface area contributed by atoms with Crippen molar-refractivity contribution in [3.63, 3.8) is 0 Å². The summed E-state index contributed by atoms with van der Waals surface area (Å²) in [7, 11) is 1.88. The lowest BCUT2D eigenvalue weighted by atomic mass is 10.1. The van der Waals surface area contributed by atoms with Gasteiger partial charge in [0.05, 0.1) is 18.1 Å². The Morgan fingerprint density at radius 3 is 2.69 bits per heavy atom. The molecule has 1 fully saturated rings. The lowest BCUT2D eigenvalue weighted by Gasteiger charge is -2.35. The van der Waals surface area contributed by atoms with Crippen molar-refractivity contribution in [3.05, 3.63) is 48.4 Å². The third-order valence-corrected chi connectivity index (χ3v) is 5.35. The molecule has 2 aromatic heterocycles. The summed E-state index contributed by atoms with van der Waals surface area (Å²) in [4.78, 5) is 25.5. The molecule has 29 heavy (non-hydrogen) atoms. The molecule has 1 N–H and O–H groups in total. The van der Waals surface area contributed by atoms with E-state index in [-0.39, 0.29) is 5.91 Å². The van der Waals surface area contributed by atoms with Crippen molar-refractivity contribution in [2.75, 3.05) is 44.2 Å². The highest BCUT2D eigenvalue weighted by Crippen LogP contribution is 2.23. The fourth-order valence-electron chi connectivity index (χ4n) is 3.74. The van der Waals surface area contributed by atoms with Crippen LogP contribution in [0.4, 0.5) is 5.82 Å². The molecule has 0 bridgehead atoms. The van der Waals surface area contributed by atoms with Crippen LogP contribution in [0.2, 0.25) is 0 Å². The van der Waals surface area contributed by atoms with Gasteiger partial charge in [-0.15, -0.1) is 0 Å². The van der Waals surface area contributed by atoms with Gasteiger partial charge < -0.3 is 10.2 Å². The molecule has 1 aromatic carbocycles. The molecule has 1 aliphatic rings. The molecule has 0 unspecified atom stereocenters. The molecule has 8 nitrogen and oxygen atoms in total. The molecule has 3 aromatic rings. The molecule has 3 heterocycles. The van der Waals surface area contributed by atoms with E-state index in [0.717, 1.165) is 55.9 Å². The third-order valence-electron chi connectivity index (χ3n) is 5.35. The fourth-order valence-corrected chi connectivity index (χ4v) is 3.74. The van der Waals surface area contributed by atoms with E-state index in [0.29, 0.717) is 13.1 Å². The van der Waals surface area contributed by atoms with Crippen LogP contribution in [0.25, 0.3) is 11.0 Å².